The van der Waals surface area contributed by atoms with Gasteiger partial charge in [-0.25, -0.2) is 4.98 Å². The van der Waals surface area contributed by atoms with Crippen LogP contribution in [0.2, 0.25) is 0 Å². The highest BCUT2D eigenvalue weighted by atomic mass is 19.1. The van der Waals surface area contributed by atoms with E-state index in [2.05, 4.69) is 10.3 Å². The fraction of sp³-hybridized carbons (Fsp3) is 0.538. The second kappa shape index (κ2) is 4.82. The molecule has 0 aromatic carbocycles. The Balaban J connectivity index is 2.35. The summed E-state index contributed by atoms with van der Waals surface area (Å²) in [6.45, 7) is 7.63. The predicted molar refractivity (Wildman–Crippen MR) is 73.3 cm³/mol. The molecule has 1 aromatic rings. The highest BCUT2D eigenvalue weighted by molar-refractivity contribution is 6.62. The van der Waals surface area contributed by atoms with Crippen LogP contribution in [0.25, 0.3) is 0 Å². The number of hydrogen-bond acceptors (Lipinski definition) is 4. The van der Waals surface area contributed by atoms with Crippen molar-refractivity contribution < 1.29 is 18.5 Å². The molecule has 0 atom stereocenters. The average Bonchev–Trinajstić information content (AvgIpc) is 2.57. The number of pyridine rings is 1. The van der Waals surface area contributed by atoms with Crippen LogP contribution in [0.1, 0.15) is 38.2 Å². The zero-order valence-corrected chi connectivity index (χ0v) is 12.3. The van der Waals surface area contributed by atoms with Crippen LogP contribution in [-0.4, -0.2) is 36.3 Å². The van der Waals surface area contributed by atoms with Gasteiger partial charge in [-0.3, -0.25) is 4.79 Å². The molecule has 7 heteroatoms. The summed E-state index contributed by atoms with van der Waals surface area (Å²) in [5, 5.41) is 2.41. The standard InChI is InChI=1S/C13H18BFN2O3/c1-12(2)13(3,4)20-14(19-12)8-6-9(11(18)16-5)17-10(15)7-8/h6-7H,1-5H3,(H,16,18). The predicted octanol–water partition coefficient (Wildman–Crippen LogP) is 0.879. The molecule has 20 heavy (non-hydrogen) atoms. The summed E-state index contributed by atoms with van der Waals surface area (Å²) in [4.78, 5) is 15.1. The minimum absolute atomic E-state index is 0.00258. The lowest BCUT2D eigenvalue weighted by molar-refractivity contribution is 0.00578. The number of amides is 1. The van der Waals surface area contributed by atoms with E-state index in [9.17, 15) is 9.18 Å². The molecule has 1 fully saturated rings. The Kier molecular flexibility index (Phi) is 3.60. The van der Waals surface area contributed by atoms with Crippen molar-refractivity contribution in [2.45, 2.75) is 38.9 Å². The van der Waals surface area contributed by atoms with E-state index in [0.29, 0.717) is 5.46 Å². The molecule has 0 bridgehead atoms. The average molecular weight is 280 g/mol. The van der Waals surface area contributed by atoms with Crippen molar-refractivity contribution in [3.63, 3.8) is 0 Å². The van der Waals surface area contributed by atoms with Crippen LogP contribution < -0.4 is 10.8 Å². The number of carbonyl (C=O) groups excluding carboxylic acids is 1. The maximum absolute atomic E-state index is 13.6. The van der Waals surface area contributed by atoms with Crippen molar-refractivity contribution >= 4 is 18.5 Å². The van der Waals surface area contributed by atoms with Crippen LogP contribution in [0, 0.1) is 5.95 Å². The number of carbonyl (C=O) groups is 1. The Hall–Kier alpha value is -1.47. The molecular formula is C13H18BFN2O3. The maximum Gasteiger partial charge on any atom is 0.495 e. The van der Waals surface area contributed by atoms with E-state index >= 15 is 0 Å². The van der Waals surface area contributed by atoms with E-state index in [4.69, 9.17) is 9.31 Å². The molecule has 1 aliphatic heterocycles. The molecule has 2 heterocycles. The minimum Gasteiger partial charge on any atom is -0.399 e. The van der Waals surface area contributed by atoms with E-state index in [1.54, 1.807) is 0 Å². The molecule has 0 aliphatic carbocycles. The first-order chi connectivity index (χ1) is 9.16. The molecule has 5 nitrogen and oxygen atoms in total. The molecule has 0 radical (unpaired) electrons. The van der Waals surface area contributed by atoms with Gasteiger partial charge in [0, 0.05) is 7.05 Å². The maximum atomic E-state index is 13.6. The van der Waals surface area contributed by atoms with Crippen LogP contribution in [0.3, 0.4) is 0 Å². The van der Waals surface area contributed by atoms with E-state index in [1.807, 2.05) is 27.7 Å². The lowest BCUT2D eigenvalue weighted by Crippen LogP contribution is -2.41. The fourth-order valence-electron chi connectivity index (χ4n) is 1.88. The third-order valence-corrected chi connectivity index (χ3v) is 3.80. The van der Waals surface area contributed by atoms with Gasteiger partial charge in [-0.2, -0.15) is 4.39 Å². The number of hydrogen-bond donors (Lipinski definition) is 1. The first kappa shape index (κ1) is 14.9. The first-order valence-electron chi connectivity index (χ1n) is 6.41. The van der Waals surface area contributed by atoms with E-state index in [-0.39, 0.29) is 5.69 Å². The molecule has 1 aliphatic rings. The molecule has 2 rings (SSSR count). The fourth-order valence-corrected chi connectivity index (χ4v) is 1.88. The van der Waals surface area contributed by atoms with Crippen molar-refractivity contribution in [3.05, 3.63) is 23.8 Å². The summed E-state index contributed by atoms with van der Waals surface area (Å²) in [5.74, 6) is -1.20. The van der Waals surface area contributed by atoms with Crippen LogP contribution in [0.5, 0.6) is 0 Å². The first-order valence-corrected chi connectivity index (χ1v) is 6.41. The Morgan fingerprint density at radius 1 is 1.25 bits per heavy atom. The summed E-state index contributed by atoms with van der Waals surface area (Å²) in [6.07, 6.45) is 0. The van der Waals surface area contributed by atoms with Crippen LogP contribution in [0.15, 0.2) is 12.1 Å². The molecule has 0 saturated carbocycles. The van der Waals surface area contributed by atoms with E-state index in [1.165, 1.54) is 19.2 Å². The number of halogens is 1. The van der Waals surface area contributed by atoms with Gasteiger partial charge in [0.1, 0.15) is 5.69 Å². The van der Waals surface area contributed by atoms with Gasteiger partial charge in [0.15, 0.2) is 0 Å². The van der Waals surface area contributed by atoms with Gasteiger partial charge in [0.25, 0.3) is 5.91 Å². The Morgan fingerprint density at radius 2 is 1.80 bits per heavy atom. The van der Waals surface area contributed by atoms with Crippen molar-refractivity contribution in [1.29, 1.82) is 0 Å². The van der Waals surface area contributed by atoms with Gasteiger partial charge in [0.05, 0.1) is 11.2 Å². The molecule has 108 valence electrons. The lowest BCUT2D eigenvalue weighted by Gasteiger charge is -2.32. The molecule has 1 saturated heterocycles. The van der Waals surface area contributed by atoms with Gasteiger partial charge >= 0.3 is 7.12 Å². The van der Waals surface area contributed by atoms with Gasteiger partial charge in [0.2, 0.25) is 5.95 Å². The van der Waals surface area contributed by atoms with Crippen molar-refractivity contribution in [1.82, 2.24) is 10.3 Å². The summed E-state index contributed by atoms with van der Waals surface area (Å²) < 4.78 is 25.2. The molecular weight excluding hydrogens is 262 g/mol. The summed E-state index contributed by atoms with van der Waals surface area (Å²) in [6, 6.07) is 2.69. The molecule has 1 N–H and O–H groups in total. The van der Waals surface area contributed by atoms with Crippen LogP contribution >= 0.6 is 0 Å². The monoisotopic (exact) mass is 280 g/mol. The Bertz CT molecular complexity index is 532. The minimum atomic E-state index is -0.740. The Morgan fingerprint density at radius 3 is 2.30 bits per heavy atom. The van der Waals surface area contributed by atoms with Crippen molar-refractivity contribution in [2.75, 3.05) is 7.05 Å². The smallest absolute Gasteiger partial charge is 0.399 e. The molecule has 0 unspecified atom stereocenters. The number of nitrogens with zero attached hydrogens (tertiary/aromatic N) is 1. The topological polar surface area (TPSA) is 60.5 Å². The third-order valence-electron chi connectivity index (χ3n) is 3.80. The molecule has 0 spiro atoms. The number of rotatable bonds is 2. The highest BCUT2D eigenvalue weighted by Crippen LogP contribution is 2.36. The largest absolute Gasteiger partial charge is 0.495 e. The molecule has 1 aromatic heterocycles. The van der Waals surface area contributed by atoms with Crippen molar-refractivity contribution in [2.24, 2.45) is 0 Å². The quantitative estimate of drug-likeness (QED) is 0.645. The van der Waals surface area contributed by atoms with Gasteiger partial charge in [-0.05, 0) is 45.3 Å². The van der Waals surface area contributed by atoms with Gasteiger partial charge < -0.3 is 14.6 Å². The molecule has 1 amide bonds. The van der Waals surface area contributed by atoms with Crippen LogP contribution in [-0.2, 0) is 9.31 Å². The zero-order valence-electron chi connectivity index (χ0n) is 12.3. The summed E-state index contributed by atoms with van der Waals surface area (Å²) in [5.41, 5.74) is -0.609. The van der Waals surface area contributed by atoms with Crippen LogP contribution in [0.4, 0.5) is 4.39 Å². The van der Waals surface area contributed by atoms with Crippen molar-refractivity contribution in [3.8, 4) is 0 Å². The van der Waals surface area contributed by atoms with Gasteiger partial charge in [-0.15, -0.1) is 0 Å². The third kappa shape index (κ3) is 2.55. The van der Waals surface area contributed by atoms with Gasteiger partial charge in [-0.1, -0.05) is 0 Å². The second-order valence-corrected chi connectivity index (χ2v) is 5.78. The number of aromatic nitrogens is 1. The normalized spacial score (nSPS) is 20.0. The number of nitrogens with one attached hydrogen (secondary N) is 1. The summed E-state index contributed by atoms with van der Waals surface area (Å²) >= 11 is 0. The SMILES string of the molecule is CNC(=O)c1cc(B2OC(C)(C)C(C)(C)O2)cc(F)n1. The zero-order chi connectivity index (χ0) is 15.1. The lowest BCUT2D eigenvalue weighted by atomic mass is 9.79. The summed E-state index contributed by atoms with van der Waals surface area (Å²) in [7, 11) is 0.740. The second-order valence-electron chi connectivity index (χ2n) is 5.78. The highest BCUT2D eigenvalue weighted by Gasteiger charge is 2.51. The van der Waals surface area contributed by atoms with E-state index < -0.39 is 30.2 Å². The Labute approximate surface area is 118 Å². The van der Waals surface area contributed by atoms with E-state index in [0.717, 1.165) is 0 Å².